The molecule has 292 valence electrons. The van der Waals surface area contributed by atoms with Crippen molar-refractivity contribution in [1.82, 2.24) is 9.80 Å². The first-order valence-corrected chi connectivity index (χ1v) is 18.9. The van der Waals surface area contributed by atoms with Gasteiger partial charge in [-0.15, -0.1) is 0 Å². The Morgan fingerprint density at radius 1 is 0.574 bits per heavy atom. The molecule has 0 bridgehead atoms. The maximum Gasteiger partial charge on any atom is 0.417 e. The van der Waals surface area contributed by atoms with Crippen molar-refractivity contribution in [2.24, 2.45) is 0 Å². The number of nitrogens with zero attached hydrogens (tertiary/aromatic N) is 2. The quantitative estimate of drug-likeness (QED) is 0.240. The molecule has 2 aromatic rings. The predicted octanol–water partition coefficient (Wildman–Crippen LogP) is 9.60. The van der Waals surface area contributed by atoms with E-state index in [1.54, 1.807) is 102 Å². The molecule has 0 saturated heterocycles. The summed E-state index contributed by atoms with van der Waals surface area (Å²) in [6, 6.07) is 16.5. The molecule has 16 heteroatoms. The average molecular weight is 865 g/mol. The van der Waals surface area contributed by atoms with Gasteiger partial charge in [-0.2, -0.15) is 0 Å². The maximum atomic E-state index is 12.6. The van der Waals surface area contributed by atoms with E-state index >= 15 is 0 Å². The number of ether oxygens (including phenoxy) is 2. The van der Waals surface area contributed by atoms with Gasteiger partial charge in [-0.25, -0.2) is 19.4 Å². The fourth-order valence-corrected chi connectivity index (χ4v) is 6.03. The fourth-order valence-electron chi connectivity index (χ4n) is 5.57. The minimum Gasteiger partial charge on any atom is -0.443 e. The molecule has 2 heterocycles. The second-order valence-electron chi connectivity index (χ2n) is 14.4. The van der Waals surface area contributed by atoms with E-state index in [1.807, 2.05) is 12.1 Å². The molecule has 54 heavy (non-hydrogen) atoms. The van der Waals surface area contributed by atoms with Crippen LogP contribution in [0, 0.1) is 0 Å². The van der Waals surface area contributed by atoms with Crippen LogP contribution in [0.25, 0.3) is 0 Å². The van der Waals surface area contributed by atoms with Crippen molar-refractivity contribution >= 4 is 105 Å². The Morgan fingerprint density at radius 3 is 1.13 bits per heavy atom. The summed E-state index contributed by atoms with van der Waals surface area (Å²) in [5.41, 5.74) is -0.0868. The zero-order valence-electron chi connectivity index (χ0n) is 30.2. The summed E-state index contributed by atoms with van der Waals surface area (Å²) in [5.74, 6) is -3.45. The van der Waals surface area contributed by atoms with E-state index in [0.29, 0.717) is 0 Å². The van der Waals surface area contributed by atoms with E-state index in [1.165, 1.54) is 12.2 Å². The Labute approximate surface area is 344 Å². The molecule has 0 N–H and O–H groups in total. The number of rotatable bonds is 8. The van der Waals surface area contributed by atoms with Crippen molar-refractivity contribution in [2.45, 2.75) is 97.1 Å². The molecular weight excluding hydrogens is 825 g/mol. The molecule has 10 nitrogen and oxygen atoms in total. The van der Waals surface area contributed by atoms with E-state index in [2.05, 4.69) is 0 Å². The summed E-state index contributed by atoms with van der Waals surface area (Å²) >= 11 is 34.4. The van der Waals surface area contributed by atoms with Crippen molar-refractivity contribution in [1.29, 1.82) is 0 Å². The molecule has 2 aliphatic heterocycles. The Kier molecular flexibility index (Phi) is 15.3. The zero-order chi connectivity index (χ0) is 40.8. The molecule has 2 aliphatic rings. The predicted molar refractivity (Wildman–Crippen MR) is 210 cm³/mol. The number of alkyl halides is 6. The first-order chi connectivity index (χ1) is 24.8. The Bertz CT molecular complexity index is 1630. The molecule has 0 aliphatic carbocycles. The highest BCUT2D eigenvalue weighted by Gasteiger charge is 2.44. The molecule has 0 radical (unpaired) electrons. The third-order valence-electron chi connectivity index (χ3n) is 7.85. The smallest absolute Gasteiger partial charge is 0.417 e. The summed E-state index contributed by atoms with van der Waals surface area (Å²) in [6.45, 7) is 10.2. The van der Waals surface area contributed by atoms with Crippen LogP contribution in [-0.4, -0.2) is 76.2 Å². The maximum absolute atomic E-state index is 12.6. The van der Waals surface area contributed by atoms with Gasteiger partial charge in [0.1, 0.15) is 11.2 Å². The molecule has 4 amide bonds. The average Bonchev–Trinajstić information content (AvgIpc) is 3.62. The third kappa shape index (κ3) is 13.0. The van der Waals surface area contributed by atoms with Gasteiger partial charge in [0.15, 0.2) is 11.6 Å². The number of carbonyl (C=O) groups excluding carboxylic acids is 6. The van der Waals surface area contributed by atoms with Crippen LogP contribution in [0.4, 0.5) is 9.59 Å². The van der Waals surface area contributed by atoms with Crippen LogP contribution in [0.15, 0.2) is 85.0 Å². The van der Waals surface area contributed by atoms with Gasteiger partial charge in [-0.1, -0.05) is 142 Å². The summed E-state index contributed by atoms with van der Waals surface area (Å²) in [7, 11) is 0. The number of carbonyl (C=O) groups is 6. The van der Waals surface area contributed by atoms with Gasteiger partial charge in [0.2, 0.25) is 7.59 Å². The van der Waals surface area contributed by atoms with Crippen LogP contribution in [0.1, 0.15) is 77.3 Å². The van der Waals surface area contributed by atoms with Crippen molar-refractivity contribution < 1.29 is 38.2 Å². The number of imide groups is 2. The fraction of sp³-hybridized carbons (Fsp3) is 0.421. The normalized spacial score (nSPS) is 18.5. The topological polar surface area (TPSA) is 127 Å². The highest BCUT2D eigenvalue weighted by molar-refractivity contribution is 6.76. The number of halogens is 6. The lowest BCUT2D eigenvalue weighted by molar-refractivity contribution is -0.127. The summed E-state index contributed by atoms with van der Waals surface area (Å²) in [5, 5.41) is 0. The van der Waals surface area contributed by atoms with Gasteiger partial charge in [0.05, 0.1) is 12.1 Å². The molecule has 0 aromatic heterocycles. The van der Waals surface area contributed by atoms with Crippen LogP contribution in [0.3, 0.4) is 0 Å². The van der Waals surface area contributed by atoms with E-state index in [0.717, 1.165) is 20.9 Å². The van der Waals surface area contributed by atoms with Crippen molar-refractivity contribution in [3.8, 4) is 0 Å². The lowest BCUT2D eigenvalue weighted by Crippen LogP contribution is -2.45. The lowest BCUT2D eigenvalue weighted by Gasteiger charge is -2.32. The van der Waals surface area contributed by atoms with Crippen LogP contribution >= 0.6 is 69.6 Å². The van der Waals surface area contributed by atoms with Crippen LogP contribution in [0.2, 0.25) is 0 Å². The van der Waals surface area contributed by atoms with Crippen LogP contribution in [-0.2, 0) is 28.7 Å². The second kappa shape index (κ2) is 18.2. The highest BCUT2D eigenvalue weighted by atomic mass is 35.6. The number of Topliss-reactive ketones (excluding diaryl/α,β-unsaturated/α-hetero) is 2. The molecule has 2 aromatic carbocycles. The van der Waals surface area contributed by atoms with Gasteiger partial charge in [-0.3, -0.25) is 19.2 Å². The molecular formula is C38H40Cl6N2O8. The standard InChI is InChI=1S/2C19H20Cl3NO4/c2*1-18(2,3)27-17(26)23-14(9-10-16(23)25)13(11-15(24)19(20,21)22)12-7-5-4-6-8-12/h2*4-10,13-14H,11H2,1-3H3/t2*13-,14+/m11/s1. The Balaban J connectivity index is 0.000000290. The van der Waals surface area contributed by atoms with Gasteiger partial charge < -0.3 is 9.47 Å². The first-order valence-electron chi connectivity index (χ1n) is 16.6. The third-order valence-corrected chi connectivity index (χ3v) is 9.11. The van der Waals surface area contributed by atoms with Crippen LogP contribution in [0.5, 0.6) is 0 Å². The van der Waals surface area contributed by atoms with E-state index < -0.39 is 78.3 Å². The molecule has 0 unspecified atom stereocenters. The van der Waals surface area contributed by atoms with Gasteiger partial charge in [0, 0.05) is 36.8 Å². The molecule has 0 spiro atoms. The number of amides is 4. The second-order valence-corrected chi connectivity index (χ2v) is 18.9. The number of benzene rings is 2. The zero-order valence-corrected chi connectivity index (χ0v) is 34.8. The SMILES string of the molecule is CC(C)(C)OC(=O)N1C(=O)C=C[C@H]1[C@H](CC(=O)C(Cl)(Cl)Cl)c1ccccc1.CC(C)(C)OC(=O)N1C(=O)C=C[C@H]1[C@H](CC(=O)C(Cl)(Cl)Cl)c1ccccc1. The lowest BCUT2D eigenvalue weighted by atomic mass is 9.87. The molecule has 0 fully saturated rings. The van der Waals surface area contributed by atoms with Crippen molar-refractivity contribution in [2.75, 3.05) is 0 Å². The minimum absolute atomic E-state index is 0.165. The summed E-state index contributed by atoms with van der Waals surface area (Å²) in [4.78, 5) is 76.5. The Morgan fingerprint density at radius 2 is 0.870 bits per heavy atom. The number of hydrogen-bond acceptors (Lipinski definition) is 8. The summed E-state index contributed by atoms with van der Waals surface area (Å²) in [6.07, 6.45) is 3.79. The largest absolute Gasteiger partial charge is 0.443 e. The van der Waals surface area contributed by atoms with Gasteiger partial charge in [-0.05, 0) is 52.7 Å². The first kappa shape index (κ1) is 45.3. The van der Waals surface area contributed by atoms with Gasteiger partial charge in [0.25, 0.3) is 11.8 Å². The van der Waals surface area contributed by atoms with E-state index in [9.17, 15) is 28.8 Å². The van der Waals surface area contributed by atoms with Crippen LogP contribution < -0.4 is 0 Å². The van der Waals surface area contributed by atoms with E-state index in [-0.39, 0.29) is 12.8 Å². The van der Waals surface area contributed by atoms with Crippen molar-refractivity contribution in [3.05, 3.63) is 96.1 Å². The van der Waals surface area contributed by atoms with E-state index in [4.69, 9.17) is 79.1 Å². The molecule has 0 saturated carbocycles. The monoisotopic (exact) mass is 862 g/mol. The van der Waals surface area contributed by atoms with Gasteiger partial charge >= 0.3 is 12.2 Å². The Hall–Kier alpha value is -3.12. The highest BCUT2D eigenvalue weighted by Crippen LogP contribution is 2.39. The molecule has 4 rings (SSSR count). The minimum atomic E-state index is -2.09. The van der Waals surface area contributed by atoms with Crippen molar-refractivity contribution in [3.63, 3.8) is 0 Å². The number of ketones is 2. The molecule has 4 atom stereocenters. The number of hydrogen-bond donors (Lipinski definition) is 0. The summed E-state index contributed by atoms with van der Waals surface area (Å²) < 4.78 is 6.51.